The molecule has 5 nitrogen and oxygen atoms in total. The highest BCUT2D eigenvalue weighted by Crippen LogP contribution is 2.51. The SMILES string of the molecule is O=C(O)N1C[C@@H]2C(COc3c(F)cncc3F)[C@@H]2C1. The molecule has 1 amide bonds. The molecule has 1 aromatic rings. The Morgan fingerprint density at radius 3 is 2.47 bits per heavy atom. The number of carbonyl (C=O) groups is 1. The maximum Gasteiger partial charge on any atom is 0.407 e. The fourth-order valence-electron chi connectivity index (χ4n) is 2.77. The van der Waals surface area contributed by atoms with Crippen LogP contribution in [0.15, 0.2) is 12.4 Å². The van der Waals surface area contributed by atoms with Gasteiger partial charge in [0.15, 0.2) is 17.4 Å². The molecule has 1 saturated heterocycles. The van der Waals surface area contributed by atoms with Gasteiger partial charge >= 0.3 is 6.09 Å². The van der Waals surface area contributed by atoms with E-state index in [1.807, 2.05) is 0 Å². The third kappa shape index (κ3) is 2.09. The Labute approximate surface area is 107 Å². The summed E-state index contributed by atoms with van der Waals surface area (Å²) in [6.45, 7) is 1.17. The molecule has 3 atom stereocenters. The van der Waals surface area contributed by atoms with Crippen LogP contribution in [0, 0.1) is 29.4 Å². The second-order valence-corrected chi connectivity index (χ2v) is 4.92. The van der Waals surface area contributed by atoms with Crippen molar-refractivity contribution in [1.29, 1.82) is 0 Å². The minimum atomic E-state index is -0.918. The van der Waals surface area contributed by atoms with E-state index < -0.39 is 23.5 Å². The molecule has 19 heavy (non-hydrogen) atoms. The van der Waals surface area contributed by atoms with Gasteiger partial charge in [-0.3, -0.25) is 4.98 Å². The van der Waals surface area contributed by atoms with Crippen molar-refractivity contribution in [2.45, 2.75) is 0 Å². The molecular weight excluding hydrogens is 258 g/mol. The van der Waals surface area contributed by atoms with Gasteiger partial charge in [-0.15, -0.1) is 0 Å². The third-order valence-corrected chi connectivity index (χ3v) is 3.87. The van der Waals surface area contributed by atoms with E-state index in [2.05, 4.69) is 4.98 Å². The van der Waals surface area contributed by atoms with E-state index >= 15 is 0 Å². The number of rotatable bonds is 3. The first-order valence-corrected chi connectivity index (χ1v) is 5.97. The first kappa shape index (κ1) is 12.1. The summed E-state index contributed by atoms with van der Waals surface area (Å²) in [6, 6.07) is 0. The molecule has 102 valence electrons. The van der Waals surface area contributed by atoms with Crippen molar-refractivity contribution in [3.63, 3.8) is 0 Å². The lowest BCUT2D eigenvalue weighted by Crippen LogP contribution is -2.30. The standard InChI is InChI=1S/C12H12F2N2O3/c13-9-1-15-2-10(14)11(9)19-5-8-6-3-16(12(17)18)4-7(6)8/h1-2,6-8H,3-5H2,(H,17,18)/t6-,7+,8?. The van der Waals surface area contributed by atoms with Crippen LogP contribution in [0.1, 0.15) is 0 Å². The van der Waals surface area contributed by atoms with Crippen molar-refractivity contribution >= 4 is 6.09 Å². The van der Waals surface area contributed by atoms with E-state index in [-0.39, 0.29) is 24.4 Å². The van der Waals surface area contributed by atoms with E-state index in [1.54, 1.807) is 0 Å². The summed E-state index contributed by atoms with van der Waals surface area (Å²) in [4.78, 5) is 15.5. The Hall–Kier alpha value is -1.92. The third-order valence-electron chi connectivity index (χ3n) is 3.87. The molecule has 0 bridgehead atoms. The van der Waals surface area contributed by atoms with Crippen LogP contribution < -0.4 is 4.74 Å². The molecule has 3 rings (SSSR count). The highest BCUT2D eigenvalue weighted by atomic mass is 19.1. The van der Waals surface area contributed by atoms with Gasteiger partial charge in [-0.1, -0.05) is 0 Å². The number of hydrogen-bond donors (Lipinski definition) is 1. The van der Waals surface area contributed by atoms with Gasteiger partial charge in [-0.2, -0.15) is 0 Å². The van der Waals surface area contributed by atoms with Crippen LogP contribution in [-0.2, 0) is 0 Å². The Morgan fingerprint density at radius 1 is 1.37 bits per heavy atom. The van der Waals surface area contributed by atoms with Crippen molar-refractivity contribution in [3.05, 3.63) is 24.0 Å². The number of carboxylic acid groups (broad SMARTS) is 1. The summed E-state index contributed by atoms with van der Waals surface area (Å²) in [5, 5.41) is 8.81. The molecule has 2 aliphatic rings. The fraction of sp³-hybridized carbons (Fsp3) is 0.500. The molecule has 0 spiro atoms. The quantitative estimate of drug-likeness (QED) is 0.906. The summed E-state index contributed by atoms with van der Waals surface area (Å²) < 4.78 is 31.7. The molecule has 1 aliphatic heterocycles. The van der Waals surface area contributed by atoms with Gasteiger partial charge in [0, 0.05) is 19.0 Å². The maximum atomic E-state index is 13.3. The van der Waals surface area contributed by atoms with Crippen LogP contribution in [0.2, 0.25) is 0 Å². The Morgan fingerprint density at radius 2 is 1.95 bits per heavy atom. The number of halogens is 2. The summed E-state index contributed by atoms with van der Waals surface area (Å²) in [6.07, 6.45) is 0.884. The number of fused-ring (bicyclic) bond motifs is 1. The lowest BCUT2D eigenvalue weighted by atomic mass is 10.3. The monoisotopic (exact) mass is 270 g/mol. The van der Waals surface area contributed by atoms with E-state index in [0.717, 1.165) is 12.4 Å². The molecule has 0 radical (unpaired) electrons. The van der Waals surface area contributed by atoms with Crippen LogP contribution in [0.5, 0.6) is 5.75 Å². The Bertz CT molecular complexity index is 493. The molecule has 1 N–H and O–H groups in total. The number of nitrogens with zero attached hydrogens (tertiary/aromatic N) is 2. The molecule has 1 aromatic heterocycles. The van der Waals surface area contributed by atoms with Crippen LogP contribution in [0.3, 0.4) is 0 Å². The van der Waals surface area contributed by atoms with Gasteiger partial charge in [-0.25, -0.2) is 13.6 Å². The first-order valence-electron chi connectivity index (χ1n) is 5.97. The zero-order valence-corrected chi connectivity index (χ0v) is 9.92. The lowest BCUT2D eigenvalue weighted by molar-refractivity contribution is 0.144. The van der Waals surface area contributed by atoms with Gasteiger partial charge in [0.05, 0.1) is 19.0 Å². The zero-order chi connectivity index (χ0) is 13.6. The minimum absolute atomic E-state index is 0.183. The van der Waals surface area contributed by atoms with E-state index in [9.17, 15) is 13.6 Å². The van der Waals surface area contributed by atoms with E-state index in [0.29, 0.717) is 13.1 Å². The second-order valence-electron chi connectivity index (χ2n) is 4.92. The maximum absolute atomic E-state index is 13.3. The average molecular weight is 270 g/mol. The molecule has 0 aromatic carbocycles. The molecule has 2 fully saturated rings. The number of piperidine rings is 1. The summed E-state index contributed by atoms with van der Waals surface area (Å²) in [5.41, 5.74) is 0. The Balaban J connectivity index is 1.55. The van der Waals surface area contributed by atoms with Crippen molar-refractivity contribution in [2.24, 2.45) is 17.8 Å². The Kier molecular flexibility index (Phi) is 2.76. The molecule has 7 heteroatoms. The van der Waals surface area contributed by atoms with Crippen molar-refractivity contribution in [1.82, 2.24) is 9.88 Å². The van der Waals surface area contributed by atoms with E-state index in [1.165, 1.54) is 4.90 Å². The topological polar surface area (TPSA) is 62.7 Å². The highest BCUT2D eigenvalue weighted by Gasteiger charge is 2.57. The van der Waals surface area contributed by atoms with Gasteiger partial charge in [0.25, 0.3) is 0 Å². The predicted molar refractivity (Wildman–Crippen MR) is 59.7 cm³/mol. The zero-order valence-electron chi connectivity index (χ0n) is 9.92. The normalized spacial score (nSPS) is 28.1. The molecule has 1 saturated carbocycles. The molecule has 1 unspecified atom stereocenters. The van der Waals surface area contributed by atoms with Crippen LogP contribution in [0.25, 0.3) is 0 Å². The number of hydrogen-bond acceptors (Lipinski definition) is 3. The van der Waals surface area contributed by atoms with Crippen LogP contribution >= 0.6 is 0 Å². The number of amides is 1. The number of aromatic nitrogens is 1. The highest BCUT2D eigenvalue weighted by molar-refractivity contribution is 5.65. The molecule has 1 aliphatic carbocycles. The van der Waals surface area contributed by atoms with Gasteiger partial charge in [0.1, 0.15) is 0 Å². The molecular formula is C12H12F2N2O3. The van der Waals surface area contributed by atoms with E-state index in [4.69, 9.17) is 9.84 Å². The lowest BCUT2D eigenvalue weighted by Gasteiger charge is -2.16. The number of ether oxygens (including phenoxy) is 1. The van der Waals surface area contributed by atoms with Gasteiger partial charge in [0.2, 0.25) is 0 Å². The molecule has 2 heterocycles. The second kappa shape index (κ2) is 4.32. The first-order chi connectivity index (χ1) is 9.08. The van der Waals surface area contributed by atoms with Crippen molar-refractivity contribution in [2.75, 3.05) is 19.7 Å². The van der Waals surface area contributed by atoms with Crippen molar-refractivity contribution in [3.8, 4) is 5.75 Å². The largest absolute Gasteiger partial charge is 0.487 e. The smallest absolute Gasteiger partial charge is 0.407 e. The van der Waals surface area contributed by atoms with Crippen LogP contribution in [-0.4, -0.2) is 40.8 Å². The predicted octanol–water partition coefficient (Wildman–Crippen LogP) is 1.59. The fourth-order valence-corrected chi connectivity index (χ4v) is 2.77. The number of likely N-dealkylation sites (tertiary alicyclic amines) is 1. The average Bonchev–Trinajstić information content (AvgIpc) is 2.82. The summed E-state index contributed by atoms with van der Waals surface area (Å²) >= 11 is 0. The van der Waals surface area contributed by atoms with Crippen LogP contribution in [0.4, 0.5) is 13.6 Å². The summed E-state index contributed by atoms with van der Waals surface area (Å²) in [5.74, 6) is -1.36. The van der Waals surface area contributed by atoms with Gasteiger partial charge in [-0.05, 0) is 11.8 Å². The van der Waals surface area contributed by atoms with Crippen molar-refractivity contribution < 1.29 is 23.4 Å². The van der Waals surface area contributed by atoms with Gasteiger partial charge < -0.3 is 14.7 Å². The minimum Gasteiger partial charge on any atom is -0.487 e. The summed E-state index contributed by atoms with van der Waals surface area (Å²) in [7, 11) is 0. The number of pyridine rings is 1.